The van der Waals surface area contributed by atoms with E-state index in [4.69, 9.17) is 4.99 Å². The number of hydrogen-bond donors (Lipinski definition) is 2. The molecule has 132 valence electrons. The quantitative estimate of drug-likeness (QED) is 0.870. The minimum atomic E-state index is 0.548. The van der Waals surface area contributed by atoms with Crippen LogP contribution in [0.4, 0.5) is 11.5 Å². The Kier molecular flexibility index (Phi) is 3.90. The Morgan fingerprint density at radius 2 is 2.00 bits per heavy atom. The van der Waals surface area contributed by atoms with E-state index >= 15 is 0 Å². The Morgan fingerprint density at radius 3 is 2.92 bits per heavy atom. The summed E-state index contributed by atoms with van der Waals surface area (Å²) in [4.78, 5) is 13.6. The molecule has 6 nitrogen and oxygen atoms in total. The van der Waals surface area contributed by atoms with E-state index in [1.165, 1.54) is 37.7 Å². The number of hydrazine groups is 1. The van der Waals surface area contributed by atoms with Crippen molar-refractivity contribution in [3.63, 3.8) is 0 Å². The van der Waals surface area contributed by atoms with Crippen molar-refractivity contribution >= 4 is 29.1 Å². The van der Waals surface area contributed by atoms with Crippen LogP contribution in [0, 0.1) is 0 Å². The Bertz CT molecular complexity index is 881. The third kappa shape index (κ3) is 2.76. The first kappa shape index (κ1) is 15.5. The third-order valence-electron chi connectivity index (χ3n) is 5.36. The third-order valence-corrected chi connectivity index (χ3v) is 5.36. The number of nitrogens with zero attached hydrogens (tertiary/aromatic N) is 4. The zero-order valence-corrected chi connectivity index (χ0v) is 14.7. The van der Waals surface area contributed by atoms with Gasteiger partial charge in [0.2, 0.25) is 0 Å². The molecule has 0 atom stereocenters. The van der Waals surface area contributed by atoms with E-state index in [0.717, 1.165) is 34.9 Å². The number of aliphatic imine (C=N–C) groups is 1. The van der Waals surface area contributed by atoms with Crippen LogP contribution in [0.5, 0.6) is 0 Å². The van der Waals surface area contributed by atoms with Gasteiger partial charge >= 0.3 is 0 Å². The monoisotopic (exact) mass is 346 g/mol. The molecule has 3 aliphatic rings. The van der Waals surface area contributed by atoms with Gasteiger partial charge in [-0.05, 0) is 31.0 Å². The summed E-state index contributed by atoms with van der Waals surface area (Å²) in [5.41, 5.74) is 9.01. The first-order valence-corrected chi connectivity index (χ1v) is 9.35. The van der Waals surface area contributed by atoms with Gasteiger partial charge < -0.3 is 5.32 Å². The highest BCUT2D eigenvalue weighted by atomic mass is 15.5. The molecule has 0 unspecified atom stereocenters. The maximum atomic E-state index is 4.82. The Morgan fingerprint density at radius 1 is 1.08 bits per heavy atom. The maximum Gasteiger partial charge on any atom is 0.139 e. The second kappa shape index (κ2) is 6.53. The molecule has 0 radical (unpaired) electrons. The number of nitrogens with one attached hydrogen (secondary N) is 2. The predicted molar refractivity (Wildman–Crippen MR) is 104 cm³/mol. The second-order valence-corrected chi connectivity index (χ2v) is 7.11. The molecule has 1 saturated carbocycles. The fraction of sp³-hybridized carbons (Fsp3) is 0.350. The zero-order valence-electron chi connectivity index (χ0n) is 14.7. The molecule has 4 heterocycles. The summed E-state index contributed by atoms with van der Waals surface area (Å²) in [5.74, 6) is 0.831. The lowest BCUT2D eigenvalue weighted by atomic mass is 9.96. The molecule has 0 amide bonds. The van der Waals surface area contributed by atoms with Gasteiger partial charge in [-0.1, -0.05) is 19.3 Å². The summed E-state index contributed by atoms with van der Waals surface area (Å²) in [5, 5.41) is 5.57. The standard InChI is InChI=1S/C20H22N6/c1-2-5-14(6-3-1)25-26-12-17-15-8-10-21-11-18(15)24-20-16(7-4-9-22-20)19(17)23-13-26/h4,7-11,13-14,25H,1-3,5-6,12H2,(H,22,24). The SMILES string of the molecule is C1=NC2=C(CN1NC1CCCCC1)c1ccncc1Nc1ncccc12. The molecule has 26 heavy (non-hydrogen) atoms. The summed E-state index contributed by atoms with van der Waals surface area (Å²) in [6.07, 6.45) is 13.9. The van der Waals surface area contributed by atoms with Crippen LogP contribution in [0.3, 0.4) is 0 Å². The molecule has 1 fully saturated rings. The van der Waals surface area contributed by atoms with E-state index in [1.54, 1.807) is 6.20 Å². The Hall–Kier alpha value is -2.73. The van der Waals surface area contributed by atoms with Crippen molar-refractivity contribution in [1.82, 2.24) is 20.4 Å². The zero-order chi connectivity index (χ0) is 17.3. The summed E-state index contributed by atoms with van der Waals surface area (Å²) in [6, 6.07) is 6.64. The van der Waals surface area contributed by atoms with E-state index < -0.39 is 0 Å². The van der Waals surface area contributed by atoms with Gasteiger partial charge in [-0.3, -0.25) is 9.99 Å². The van der Waals surface area contributed by atoms with Crippen molar-refractivity contribution in [2.45, 2.75) is 38.1 Å². The number of aromatic nitrogens is 2. The van der Waals surface area contributed by atoms with Crippen LogP contribution < -0.4 is 10.7 Å². The fourth-order valence-corrected chi connectivity index (χ4v) is 4.06. The summed E-state index contributed by atoms with van der Waals surface area (Å²) in [7, 11) is 0. The molecule has 0 bridgehead atoms. The number of anilines is 2. The number of pyridine rings is 2. The molecule has 0 aromatic carbocycles. The average molecular weight is 346 g/mol. The van der Waals surface area contributed by atoms with Crippen molar-refractivity contribution in [3.8, 4) is 0 Å². The van der Waals surface area contributed by atoms with Crippen LogP contribution in [0.2, 0.25) is 0 Å². The van der Waals surface area contributed by atoms with Crippen LogP contribution in [0.1, 0.15) is 43.2 Å². The van der Waals surface area contributed by atoms with Crippen molar-refractivity contribution in [2.24, 2.45) is 4.99 Å². The van der Waals surface area contributed by atoms with E-state index in [9.17, 15) is 0 Å². The topological polar surface area (TPSA) is 65.4 Å². The van der Waals surface area contributed by atoms with Crippen molar-refractivity contribution in [2.75, 3.05) is 11.9 Å². The lowest BCUT2D eigenvalue weighted by molar-refractivity contribution is 0.244. The number of rotatable bonds is 2. The van der Waals surface area contributed by atoms with Crippen molar-refractivity contribution in [3.05, 3.63) is 47.9 Å². The van der Waals surface area contributed by atoms with Gasteiger partial charge in [-0.2, -0.15) is 0 Å². The van der Waals surface area contributed by atoms with Crippen LogP contribution in [0.25, 0.3) is 11.3 Å². The molecular weight excluding hydrogens is 324 g/mol. The van der Waals surface area contributed by atoms with E-state index in [2.05, 4.69) is 37.9 Å². The van der Waals surface area contributed by atoms with Crippen LogP contribution in [0.15, 0.2) is 41.8 Å². The van der Waals surface area contributed by atoms with Crippen LogP contribution in [-0.4, -0.2) is 33.9 Å². The number of hydrogen-bond acceptors (Lipinski definition) is 6. The maximum absolute atomic E-state index is 4.82. The van der Waals surface area contributed by atoms with Crippen molar-refractivity contribution in [1.29, 1.82) is 0 Å². The normalized spacial score (nSPS) is 19.3. The minimum Gasteiger partial charge on any atom is -0.338 e. The first-order valence-electron chi connectivity index (χ1n) is 9.35. The molecule has 0 saturated heterocycles. The van der Waals surface area contributed by atoms with Gasteiger partial charge in [0.25, 0.3) is 0 Å². The van der Waals surface area contributed by atoms with Gasteiger partial charge in [0.05, 0.1) is 24.1 Å². The highest BCUT2D eigenvalue weighted by molar-refractivity contribution is 6.03. The largest absolute Gasteiger partial charge is 0.338 e. The van der Waals surface area contributed by atoms with Crippen LogP contribution >= 0.6 is 0 Å². The second-order valence-electron chi connectivity index (χ2n) is 7.11. The highest BCUT2D eigenvalue weighted by Gasteiger charge is 2.26. The first-order chi connectivity index (χ1) is 12.9. The summed E-state index contributed by atoms with van der Waals surface area (Å²) < 4.78 is 0. The molecule has 2 N–H and O–H groups in total. The van der Waals surface area contributed by atoms with Gasteiger partial charge in [-0.25, -0.2) is 15.4 Å². The molecule has 1 aliphatic carbocycles. The lowest BCUT2D eigenvalue weighted by Crippen LogP contribution is -2.46. The van der Waals surface area contributed by atoms with Gasteiger partial charge in [-0.15, -0.1) is 0 Å². The van der Waals surface area contributed by atoms with Gasteiger partial charge in [0, 0.05) is 35.1 Å². The molecule has 6 heteroatoms. The molecule has 0 spiro atoms. The smallest absolute Gasteiger partial charge is 0.139 e. The van der Waals surface area contributed by atoms with E-state index in [0.29, 0.717) is 6.04 Å². The van der Waals surface area contributed by atoms with Crippen LogP contribution in [-0.2, 0) is 0 Å². The Labute approximate surface area is 153 Å². The molecule has 5 rings (SSSR count). The summed E-state index contributed by atoms with van der Waals surface area (Å²) in [6.45, 7) is 0.780. The highest BCUT2D eigenvalue weighted by Crippen LogP contribution is 2.40. The summed E-state index contributed by atoms with van der Waals surface area (Å²) >= 11 is 0. The molecule has 2 aromatic rings. The fourth-order valence-electron chi connectivity index (χ4n) is 4.06. The number of fused-ring (bicyclic) bond motifs is 4. The van der Waals surface area contributed by atoms with E-state index in [1.807, 2.05) is 24.8 Å². The van der Waals surface area contributed by atoms with Gasteiger partial charge in [0.15, 0.2) is 0 Å². The molecular formula is C20H22N6. The van der Waals surface area contributed by atoms with Gasteiger partial charge in [0.1, 0.15) is 12.2 Å². The lowest BCUT2D eigenvalue weighted by Gasteiger charge is -2.32. The molecule has 2 aromatic heterocycles. The predicted octanol–water partition coefficient (Wildman–Crippen LogP) is 3.58. The Balaban J connectivity index is 1.52. The minimum absolute atomic E-state index is 0.548. The molecule has 2 aliphatic heterocycles. The average Bonchev–Trinajstić information content (AvgIpc) is 2.83. The van der Waals surface area contributed by atoms with E-state index in [-0.39, 0.29) is 0 Å². The van der Waals surface area contributed by atoms with Crippen molar-refractivity contribution < 1.29 is 0 Å².